The molecule has 0 aromatic heterocycles. The van der Waals surface area contributed by atoms with Crippen molar-refractivity contribution in [3.05, 3.63) is 71.9 Å². The maximum absolute atomic E-state index is 12.1. The second kappa shape index (κ2) is 7.92. The molecule has 24 heavy (non-hydrogen) atoms. The molecule has 0 radical (unpaired) electrons. The Morgan fingerprint density at radius 1 is 1.00 bits per heavy atom. The molecule has 0 spiro atoms. The molecule has 3 nitrogen and oxygen atoms in total. The van der Waals surface area contributed by atoms with Crippen molar-refractivity contribution in [3.8, 4) is 0 Å². The van der Waals surface area contributed by atoms with Gasteiger partial charge in [0.15, 0.2) is 0 Å². The summed E-state index contributed by atoms with van der Waals surface area (Å²) in [6, 6.07) is 17.1. The highest BCUT2D eigenvalue weighted by atomic mass is 32.2. The Morgan fingerprint density at radius 2 is 1.62 bits per heavy atom. The van der Waals surface area contributed by atoms with Crippen molar-refractivity contribution < 1.29 is 12.6 Å². The van der Waals surface area contributed by atoms with Crippen LogP contribution in [0.5, 0.6) is 0 Å². The van der Waals surface area contributed by atoms with Gasteiger partial charge in [0.2, 0.25) is 0 Å². The molecule has 2 rings (SSSR count). The van der Waals surface area contributed by atoms with E-state index in [2.05, 4.69) is 43.1 Å². The third kappa shape index (κ3) is 5.16. The van der Waals surface area contributed by atoms with Gasteiger partial charge in [-0.2, -0.15) is 8.42 Å². The average Bonchev–Trinajstić information content (AvgIpc) is 2.55. The summed E-state index contributed by atoms with van der Waals surface area (Å²) in [6.45, 7) is 6.61. The average molecular weight is 361 g/mol. The molecule has 0 atom stereocenters. The Balaban J connectivity index is 1.89. The van der Waals surface area contributed by atoms with Crippen LogP contribution in [0.3, 0.4) is 0 Å². The summed E-state index contributed by atoms with van der Waals surface area (Å²) in [5.74, 6) is 0. The lowest BCUT2D eigenvalue weighted by molar-refractivity contribution is 0.325. The zero-order chi connectivity index (χ0) is 17.6. The van der Waals surface area contributed by atoms with E-state index in [0.717, 1.165) is 5.56 Å². The van der Waals surface area contributed by atoms with Gasteiger partial charge in [-0.15, -0.1) is 0 Å². The first-order valence-corrected chi connectivity index (χ1v) is 12.5. The second-order valence-electron chi connectivity index (χ2n) is 6.37. The van der Waals surface area contributed by atoms with E-state index in [-0.39, 0.29) is 11.5 Å². The van der Waals surface area contributed by atoms with Crippen LogP contribution in [0.1, 0.15) is 12.0 Å². The van der Waals surface area contributed by atoms with Gasteiger partial charge in [0.1, 0.15) is 8.07 Å². The van der Waals surface area contributed by atoms with Crippen molar-refractivity contribution in [3.63, 3.8) is 0 Å². The summed E-state index contributed by atoms with van der Waals surface area (Å²) in [7, 11) is -5.30. The maximum atomic E-state index is 12.1. The van der Waals surface area contributed by atoms with Gasteiger partial charge in [-0.1, -0.05) is 78.1 Å². The molecule has 0 saturated heterocycles. The molecular weight excluding hydrogens is 336 g/mol. The summed E-state index contributed by atoms with van der Waals surface area (Å²) < 4.78 is 29.3. The molecule has 0 aliphatic rings. The quantitative estimate of drug-likeness (QED) is 0.428. The molecule has 0 amide bonds. The van der Waals surface area contributed by atoms with Crippen LogP contribution in [-0.4, -0.2) is 23.1 Å². The van der Waals surface area contributed by atoms with Gasteiger partial charge in [0, 0.05) is 0 Å². The normalized spacial score (nSPS) is 12.6. The first-order chi connectivity index (χ1) is 11.3. The van der Waals surface area contributed by atoms with Crippen LogP contribution in [0, 0.1) is 6.92 Å². The molecule has 0 unspecified atom stereocenters. The largest absolute Gasteiger partial charge is 0.296 e. The Morgan fingerprint density at radius 3 is 2.25 bits per heavy atom. The topological polar surface area (TPSA) is 43.4 Å². The number of hydrogen-bond donors (Lipinski definition) is 0. The van der Waals surface area contributed by atoms with Crippen LogP contribution in [0.2, 0.25) is 13.1 Å². The highest BCUT2D eigenvalue weighted by Gasteiger charge is 2.19. The van der Waals surface area contributed by atoms with Crippen molar-refractivity contribution in [2.24, 2.45) is 0 Å². The van der Waals surface area contributed by atoms with Crippen molar-refractivity contribution in [2.75, 3.05) is 6.61 Å². The molecule has 0 heterocycles. The van der Waals surface area contributed by atoms with Crippen molar-refractivity contribution in [2.45, 2.75) is 31.3 Å². The molecule has 0 aliphatic carbocycles. The molecule has 0 bridgehead atoms. The van der Waals surface area contributed by atoms with Crippen molar-refractivity contribution in [1.82, 2.24) is 0 Å². The minimum atomic E-state index is -3.67. The van der Waals surface area contributed by atoms with Gasteiger partial charge in [0.25, 0.3) is 10.1 Å². The van der Waals surface area contributed by atoms with E-state index in [4.69, 9.17) is 4.18 Å². The molecule has 128 valence electrons. The van der Waals surface area contributed by atoms with E-state index < -0.39 is 18.2 Å². The fourth-order valence-corrected chi connectivity index (χ4v) is 5.26. The van der Waals surface area contributed by atoms with Crippen LogP contribution in [0.25, 0.3) is 0 Å². The third-order valence-corrected chi connectivity index (χ3v) is 8.10. The Hall–Kier alpha value is -1.69. The van der Waals surface area contributed by atoms with Crippen LogP contribution in [-0.2, 0) is 14.3 Å². The number of hydrogen-bond acceptors (Lipinski definition) is 3. The van der Waals surface area contributed by atoms with E-state index in [1.807, 2.05) is 19.1 Å². The summed E-state index contributed by atoms with van der Waals surface area (Å²) in [6.07, 6.45) is 2.61. The highest BCUT2D eigenvalue weighted by Crippen LogP contribution is 2.13. The Bertz CT molecular complexity index is 779. The lowest BCUT2D eigenvalue weighted by Crippen LogP contribution is -2.39. The molecule has 2 aromatic rings. The number of aryl methyl sites for hydroxylation is 1. The monoisotopic (exact) mass is 360 g/mol. The van der Waals surface area contributed by atoms with E-state index in [0.29, 0.717) is 6.42 Å². The van der Waals surface area contributed by atoms with E-state index >= 15 is 0 Å². The standard InChI is InChI=1S/C19H24O3SSi/c1-17-11-13-18(14-12-17)23(20,21)22-15-7-8-16-24(2,3)19-9-5-4-6-10-19/h4-6,8-14,16H,7,15H2,1-3H3/b16-8-. The minimum absolute atomic E-state index is 0.159. The van der Waals surface area contributed by atoms with Crippen LogP contribution in [0.15, 0.2) is 71.3 Å². The first kappa shape index (κ1) is 18.6. The molecule has 0 N–H and O–H groups in total. The summed E-state index contributed by atoms with van der Waals surface area (Å²) in [4.78, 5) is 0.205. The molecule has 0 saturated carbocycles. The third-order valence-electron chi connectivity index (χ3n) is 3.88. The predicted octanol–water partition coefficient (Wildman–Crippen LogP) is 3.80. The number of benzene rings is 2. The zero-order valence-corrected chi connectivity index (χ0v) is 16.2. The Kier molecular flexibility index (Phi) is 6.15. The van der Waals surface area contributed by atoms with Crippen LogP contribution in [0.4, 0.5) is 0 Å². The van der Waals surface area contributed by atoms with Gasteiger partial charge >= 0.3 is 0 Å². The molecule has 2 aromatic carbocycles. The maximum Gasteiger partial charge on any atom is 0.296 e. The van der Waals surface area contributed by atoms with E-state index in [1.165, 1.54) is 5.19 Å². The van der Waals surface area contributed by atoms with E-state index in [1.54, 1.807) is 24.3 Å². The van der Waals surface area contributed by atoms with E-state index in [9.17, 15) is 8.42 Å². The first-order valence-electron chi connectivity index (χ1n) is 8.01. The zero-order valence-electron chi connectivity index (χ0n) is 14.4. The van der Waals surface area contributed by atoms with Crippen LogP contribution < -0.4 is 5.19 Å². The van der Waals surface area contributed by atoms with Gasteiger partial charge < -0.3 is 0 Å². The lowest BCUT2D eigenvalue weighted by Gasteiger charge is -2.18. The Labute approximate surface area is 146 Å². The van der Waals surface area contributed by atoms with Crippen molar-refractivity contribution in [1.29, 1.82) is 0 Å². The summed E-state index contributed by atoms with van der Waals surface area (Å²) in [5, 5.41) is 1.36. The minimum Gasteiger partial charge on any atom is -0.266 e. The molecule has 5 heteroatoms. The summed E-state index contributed by atoms with van der Waals surface area (Å²) >= 11 is 0. The number of rotatable bonds is 7. The fourth-order valence-electron chi connectivity index (χ4n) is 2.34. The van der Waals surface area contributed by atoms with Crippen molar-refractivity contribution >= 4 is 23.4 Å². The second-order valence-corrected chi connectivity index (χ2v) is 12.3. The summed E-state index contributed by atoms with van der Waals surface area (Å²) in [5.41, 5.74) is 3.24. The fraction of sp³-hybridized carbons (Fsp3) is 0.263. The van der Waals surface area contributed by atoms with Gasteiger partial charge in [0.05, 0.1) is 11.5 Å². The van der Waals surface area contributed by atoms with Gasteiger partial charge in [-0.3, -0.25) is 4.18 Å². The SMILES string of the molecule is Cc1ccc(S(=O)(=O)OCC/C=C\[Si](C)(C)c2ccccc2)cc1. The molecule has 0 aliphatic heterocycles. The van der Waals surface area contributed by atoms with Gasteiger partial charge in [-0.25, -0.2) is 0 Å². The molecule has 0 fully saturated rings. The lowest BCUT2D eigenvalue weighted by atomic mass is 10.2. The predicted molar refractivity (Wildman–Crippen MR) is 102 cm³/mol. The van der Waals surface area contributed by atoms with Crippen LogP contribution >= 0.6 is 0 Å². The smallest absolute Gasteiger partial charge is 0.266 e. The van der Waals surface area contributed by atoms with Gasteiger partial charge in [-0.05, 0) is 25.5 Å². The highest BCUT2D eigenvalue weighted by molar-refractivity contribution is 7.86. The molecular formula is C19H24O3SSi.